The molecule has 2 aromatic rings. The van der Waals surface area contributed by atoms with Crippen molar-refractivity contribution in [2.24, 2.45) is 0 Å². The first-order valence-corrected chi connectivity index (χ1v) is 7.43. The van der Waals surface area contributed by atoms with Crippen molar-refractivity contribution in [2.45, 2.75) is 25.3 Å². The van der Waals surface area contributed by atoms with Crippen LogP contribution < -0.4 is 5.32 Å². The van der Waals surface area contributed by atoms with Crippen molar-refractivity contribution >= 4 is 22.9 Å². The van der Waals surface area contributed by atoms with Gasteiger partial charge in [0.05, 0.1) is 10.6 Å². The van der Waals surface area contributed by atoms with E-state index in [2.05, 4.69) is 15.5 Å². The first kappa shape index (κ1) is 13.0. The molecule has 1 aromatic heterocycles. The molecule has 100 valence electrons. The number of rotatable bonds is 5. The van der Waals surface area contributed by atoms with Crippen LogP contribution in [0.25, 0.3) is 10.6 Å². The molecule has 0 saturated heterocycles. The molecule has 1 aliphatic carbocycles. The van der Waals surface area contributed by atoms with Crippen LogP contribution in [0.15, 0.2) is 18.2 Å². The number of halogens is 2. The maximum absolute atomic E-state index is 13.8. The first-order valence-electron chi connectivity index (χ1n) is 6.24. The standard InChI is InChI=1S/C13H13ClFN3S/c14-9-2-1-3-10(15)12(9)13-18-17-11(19-13)6-7-16-8-4-5-8/h1-3,8,16H,4-7H2. The van der Waals surface area contributed by atoms with E-state index in [-0.39, 0.29) is 5.82 Å². The number of hydrogen-bond donors (Lipinski definition) is 1. The molecule has 1 N–H and O–H groups in total. The minimum Gasteiger partial charge on any atom is -0.314 e. The molecule has 3 nitrogen and oxygen atoms in total. The third-order valence-electron chi connectivity index (χ3n) is 2.99. The summed E-state index contributed by atoms with van der Waals surface area (Å²) in [5.74, 6) is -0.355. The lowest BCUT2D eigenvalue weighted by Gasteiger charge is -2.00. The highest BCUT2D eigenvalue weighted by Crippen LogP contribution is 2.32. The molecule has 0 aliphatic heterocycles. The zero-order chi connectivity index (χ0) is 13.2. The molecule has 19 heavy (non-hydrogen) atoms. The van der Waals surface area contributed by atoms with Crippen molar-refractivity contribution in [3.8, 4) is 10.6 Å². The summed E-state index contributed by atoms with van der Waals surface area (Å²) in [6.45, 7) is 0.893. The Labute approximate surface area is 119 Å². The zero-order valence-electron chi connectivity index (χ0n) is 10.2. The van der Waals surface area contributed by atoms with Gasteiger partial charge in [0.2, 0.25) is 0 Å². The minimum absolute atomic E-state index is 0.350. The van der Waals surface area contributed by atoms with Gasteiger partial charge in [-0.1, -0.05) is 29.0 Å². The van der Waals surface area contributed by atoms with Crippen LogP contribution in [-0.4, -0.2) is 22.8 Å². The molecule has 6 heteroatoms. The maximum Gasteiger partial charge on any atom is 0.152 e. The highest BCUT2D eigenvalue weighted by molar-refractivity contribution is 7.14. The highest BCUT2D eigenvalue weighted by atomic mass is 35.5. The van der Waals surface area contributed by atoms with E-state index in [0.29, 0.717) is 21.6 Å². The van der Waals surface area contributed by atoms with Gasteiger partial charge in [0, 0.05) is 19.0 Å². The van der Waals surface area contributed by atoms with Crippen LogP contribution in [0.4, 0.5) is 4.39 Å². The molecule has 1 aromatic carbocycles. The monoisotopic (exact) mass is 297 g/mol. The molecular formula is C13H13ClFN3S. The van der Waals surface area contributed by atoms with Crippen LogP contribution >= 0.6 is 22.9 Å². The van der Waals surface area contributed by atoms with Gasteiger partial charge < -0.3 is 5.32 Å². The van der Waals surface area contributed by atoms with Crippen molar-refractivity contribution in [1.29, 1.82) is 0 Å². The van der Waals surface area contributed by atoms with E-state index in [0.717, 1.165) is 18.0 Å². The molecular weight excluding hydrogens is 285 g/mol. The summed E-state index contributed by atoms with van der Waals surface area (Å²) in [4.78, 5) is 0. The summed E-state index contributed by atoms with van der Waals surface area (Å²) in [5.41, 5.74) is 0.350. The summed E-state index contributed by atoms with van der Waals surface area (Å²) in [6.07, 6.45) is 3.36. The lowest BCUT2D eigenvalue weighted by Crippen LogP contribution is -2.19. The zero-order valence-corrected chi connectivity index (χ0v) is 11.8. The second-order valence-corrected chi connectivity index (χ2v) is 6.05. The van der Waals surface area contributed by atoms with Gasteiger partial charge in [-0.15, -0.1) is 10.2 Å². The fourth-order valence-corrected chi connectivity index (χ4v) is 3.04. The summed E-state index contributed by atoms with van der Waals surface area (Å²) in [6, 6.07) is 5.32. The van der Waals surface area contributed by atoms with Crippen molar-refractivity contribution in [3.05, 3.63) is 34.0 Å². The van der Waals surface area contributed by atoms with Crippen molar-refractivity contribution < 1.29 is 4.39 Å². The first-order chi connectivity index (χ1) is 9.24. The topological polar surface area (TPSA) is 37.8 Å². The molecule has 0 spiro atoms. The predicted molar refractivity (Wildman–Crippen MR) is 75.0 cm³/mol. The third kappa shape index (κ3) is 3.11. The van der Waals surface area contributed by atoms with Gasteiger partial charge in [0.25, 0.3) is 0 Å². The molecule has 3 rings (SSSR count). The molecule has 0 atom stereocenters. The molecule has 1 aliphatic rings. The van der Waals surface area contributed by atoms with E-state index in [1.165, 1.54) is 30.2 Å². The number of nitrogens with one attached hydrogen (secondary N) is 1. The van der Waals surface area contributed by atoms with Crippen LogP contribution in [0.1, 0.15) is 17.8 Å². The Morgan fingerprint density at radius 3 is 2.95 bits per heavy atom. The average Bonchev–Trinajstić information content (AvgIpc) is 3.08. The Balaban J connectivity index is 1.72. The maximum atomic E-state index is 13.8. The normalized spacial score (nSPS) is 14.8. The predicted octanol–water partition coefficient (Wildman–Crippen LogP) is 3.29. The van der Waals surface area contributed by atoms with E-state index >= 15 is 0 Å². The van der Waals surface area contributed by atoms with Crippen LogP contribution in [0, 0.1) is 5.82 Å². The number of benzene rings is 1. The Bertz CT molecular complexity index is 563. The van der Waals surface area contributed by atoms with Crippen LogP contribution in [0.2, 0.25) is 5.02 Å². The van der Waals surface area contributed by atoms with Crippen LogP contribution in [0.5, 0.6) is 0 Å². The Morgan fingerprint density at radius 2 is 2.21 bits per heavy atom. The molecule has 0 amide bonds. The van der Waals surface area contributed by atoms with E-state index < -0.39 is 0 Å². The SMILES string of the molecule is Fc1cccc(Cl)c1-c1nnc(CCNC2CC2)s1. The van der Waals surface area contributed by atoms with Gasteiger partial charge in [-0.2, -0.15) is 0 Å². The quantitative estimate of drug-likeness (QED) is 0.920. The number of hydrogen-bond acceptors (Lipinski definition) is 4. The molecule has 0 radical (unpaired) electrons. The summed E-state index contributed by atoms with van der Waals surface area (Å²) < 4.78 is 13.8. The largest absolute Gasteiger partial charge is 0.314 e. The van der Waals surface area contributed by atoms with Gasteiger partial charge in [-0.05, 0) is 25.0 Å². The number of aromatic nitrogens is 2. The third-order valence-corrected chi connectivity index (χ3v) is 4.31. The van der Waals surface area contributed by atoms with Crippen LogP contribution in [-0.2, 0) is 6.42 Å². The average molecular weight is 298 g/mol. The Kier molecular flexibility index (Phi) is 3.77. The Morgan fingerprint density at radius 1 is 1.37 bits per heavy atom. The smallest absolute Gasteiger partial charge is 0.152 e. The lowest BCUT2D eigenvalue weighted by atomic mass is 10.2. The molecule has 0 unspecified atom stereocenters. The molecule has 1 saturated carbocycles. The van der Waals surface area contributed by atoms with Gasteiger partial charge in [0.1, 0.15) is 10.8 Å². The second-order valence-electron chi connectivity index (χ2n) is 4.58. The fraction of sp³-hybridized carbons (Fsp3) is 0.385. The van der Waals surface area contributed by atoms with E-state index in [1.54, 1.807) is 12.1 Å². The summed E-state index contributed by atoms with van der Waals surface area (Å²) >= 11 is 7.41. The van der Waals surface area contributed by atoms with Gasteiger partial charge >= 0.3 is 0 Å². The van der Waals surface area contributed by atoms with Crippen molar-refractivity contribution in [3.63, 3.8) is 0 Å². The van der Waals surface area contributed by atoms with Crippen molar-refractivity contribution in [2.75, 3.05) is 6.54 Å². The fourth-order valence-electron chi connectivity index (χ4n) is 1.83. The van der Waals surface area contributed by atoms with E-state index in [4.69, 9.17) is 11.6 Å². The second kappa shape index (κ2) is 5.53. The minimum atomic E-state index is -0.355. The van der Waals surface area contributed by atoms with E-state index in [9.17, 15) is 4.39 Å². The lowest BCUT2D eigenvalue weighted by molar-refractivity contribution is 0.631. The van der Waals surface area contributed by atoms with Crippen LogP contribution in [0.3, 0.4) is 0 Å². The van der Waals surface area contributed by atoms with E-state index in [1.807, 2.05) is 0 Å². The Hall–Kier alpha value is -1.04. The number of nitrogens with zero attached hydrogens (tertiary/aromatic N) is 2. The van der Waals surface area contributed by atoms with Crippen molar-refractivity contribution in [1.82, 2.24) is 15.5 Å². The molecule has 0 bridgehead atoms. The van der Waals surface area contributed by atoms with Gasteiger partial charge in [0.15, 0.2) is 5.01 Å². The van der Waals surface area contributed by atoms with Gasteiger partial charge in [-0.3, -0.25) is 0 Å². The summed E-state index contributed by atoms with van der Waals surface area (Å²) in [5, 5.41) is 13.4. The van der Waals surface area contributed by atoms with Gasteiger partial charge in [-0.25, -0.2) is 4.39 Å². The highest BCUT2D eigenvalue weighted by Gasteiger charge is 2.20. The molecule has 1 heterocycles. The summed E-state index contributed by atoms with van der Waals surface area (Å²) in [7, 11) is 0. The molecule has 1 fully saturated rings.